The number of hydrogen-bond acceptors (Lipinski definition) is 3. The molecule has 0 fully saturated rings. The maximum atomic E-state index is 9.92. The van der Waals surface area contributed by atoms with Crippen LogP contribution >= 0.6 is 0 Å². The largest absolute Gasteiger partial charge is 0.508 e. The van der Waals surface area contributed by atoms with E-state index in [0.29, 0.717) is 11.8 Å². The highest BCUT2D eigenvalue weighted by molar-refractivity contribution is 5.45. The van der Waals surface area contributed by atoms with E-state index in [4.69, 9.17) is 4.74 Å². The van der Waals surface area contributed by atoms with Gasteiger partial charge in [-0.2, -0.15) is 0 Å². The number of nitrogens with zero attached hydrogens (tertiary/aromatic N) is 1. The van der Waals surface area contributed by atoms with Crippen molar-refractivity contribution >= 4 is 0 Å². The Hall–Kier alpha value is -1.22. The molecular formula is C15H23NO2. The zero-order valence-electron chi connectivity index (χ0n) is 11.4. The van der Waals surface area contributed by atoms with Gasteiger partial charge in [0.05, 0.1) is 0 Å². The molecule has 0 aromatic heterocycles. The Balaban J connectivity index is 2.12. The normalized spacial score (nSPS) is 18.5. The molecule has 0 spiro atoms. The van der Waals surface area contributed by atoms with Gasteiger partial charge in [-0.25, -0.2) is 0 Å². The second-order valence-electron chi connectivity index (χ2n) is 4.96. The molecule has 1 aliphatic heterocycles. The van der Waals surface area contributed by atoms with E-state index in [1.165, 1.54) is 0 Å². The minimum Gasteiger partial charge on any atom is -0.508 e. The summed E-state index contributed by atoms with van der Waals surface area (Å²) in [6.45, 7) is 7.35. The molecule has 0 bridgehead atoms. The zero-order chi connectivity index (χ0) is 13.0. The fourth-order valence-electron chi connectivity index (χ4n) is 2.66. The lowest BCUT2D eigenvalue weighted by Gasteiger charge is -2.35. The Kier molecular flexibility index (Phi) is 4.48. The fraction of sp³-hybridized carbons (Fsp3) is 0.600. The summed E-state index contributed by atoms with van der Waals surface area (Å²) >= 11 is 0. The highest BCUT2D eigenvalue weighted by Gasteiger charge is 2.26. The molecular weight excluding hydrogens is 226 g/mol. The Morgan fingerprint density at radius 1 is 1.28 bits per heavy atom. The van der Waals surface area contributed by atoms with Gasteiger partial charge >= 0.3 is 0 Å². The number of phenols is 1. The predicted molar refractivity (Wildman–Crippen MR) is 73.2 cm³/mol. The fourth-order valence-corrected chi connectivity index (χ4v) is 2.66. The standard InChI is InChI=1S/C15H23NO2/c1-3-8-16(9-4-2)12-10-13-14(17)6-5-7-15(13)18-11-12/h5-7,12,17H,3-4,8-11H2,1-2H3/t12-/m1/s1. The van der Waals surface area contributed by atoms with Crippen LogP contribution in [0.2, 0.25) is 0 Å². The zero-order valence-corrected chi connectivity index (χ0v) is 11.4. The van der Waals surface area contributed by atoms with Crippen molar-refractivity contribution in [3.05, 3.63) is 23.8 Å². The quantitative estimate of drug-likeness (QED) is 0.871. The number of hydrogen-bond donors (Lipinski definition) is 1. The molecule has 3 nitrogen and oxygen atoms in total. The third-order valence-electron chi connectivity index (χ3n) is 3.52. The van der Waals surface area contributed by atoms with E-state index >= 15 is 0 Å². The van der Waals surface area contributed by atoms with Gasteiger partial charge in [0.2, 0.25) is 0 Å². The van der Waals surface area contributed by atoms with Gasteiger partial charge in [0.15, 0.2) is 0 Å². The molecule has 100 valence electrons. The van der Waals surface area contributed by atoms with Gasteiger partial charge in [-0.15, -0.1) is 0 Å². The SMILES string of the molecule is CCCN(CCC)[C@H]1COc2cccc(O)c2C1. The molecule has 0 saturated heterocycles. The molecule has 0 unspecified atom stereocenters. The summed E-state index contributed by atoms with van der Waals surface area (Å²) in [5.74, 6) is 1.21. The molecule has 1 atom stereocenters. The van der Waals surface area contributed by atoms with Gasteiger partial charge in [0.1, 0.15) is 18.1 Å². The lowest BCUT2D eigenvalue weighted by Crippen LogP contribution is -2.43. The minimum absolute atomic E-state index is 0.366. The van der Waals surface area contributed by atoms with Crippen LogP contribution in [-0.2, 0) is 6.42 Å². The Labute approximate surface area is 109 Å². The van der Waals surface area contributed by atoms with Crippen LogP contribution in [0.3, 0.4) is 0 Å². The molecule has 0 aliphatic carbocycles. The van der Waals surface area contributed by atoms with Crippen LogP contribution in [0.4, 0.5) is 0 Å². The topological polar surface area (TPSA) is 32.7 Å². The van der Waals surface area contributed by atoms with Crippen molar-refractivity contribution in [2.45, 2.75) is 39.2 Å². The van der Waals surface area contributed by atoms with Crippen molar-refractivity contribution in [3.63, 3.8) is 0 Å². The maximum Gasteiger partial charge on any atom is 0.126 e. The molecule has 1 aromatic rings. The number of fused-ring (bicyclic) bond motifs is 1. The lowest BCUT2D eigenvalue weighted by molar-refractivity contribution is 0.118. The monoisotopic (exact) mass is 249 g/mol. The summed E-state index contributed by atoms with van der Waals surface area (Å²) in [6.07, 6.45) is 3.20. The summed E-state index contributed by atoms with van der Waals surface area (Å²) in [5.41, 5.74) is 0.964. The second-order valence-corrected chi connectivity index (χ2v) is 4.96. The highest BCUT2D eigenvalue weighted by Crippen LogP contribution is 2.33. The first kappa shape index (κ1) is 13.2. The van der Waals surface area contributed by atoms with E-state index in [0.717, 1.165) is 50.3 Å². The van der Waals surface area contributed by atoms with E-state index in [9.17, 15) is 5.11 Å². The molecule has 1 aliphatic rings. The number of rotatable bonds is 5. The maximum absolute atomic E-state index is 9.92. The number of ether oxygens (including phenoxy) is 1. The van der Waals surface area contributed by atoms with E-state index in [1.54, 1.807) is 6.07 Å². The van der Waals surface area contributed by atoms with Gasteiger partial charge in [0, 0.05) is 11.6 Å². The molecule has 1 heterocycles. The molecule has 0 saturated carbocycles. The summed E-state index contributed by atoms with van der Waals surface area (Å²) < 4.78 is 5.79. The number of benzene rings is 1. The molecule has 2 rings (SSSR count). The predicted octanol–water partition coefficient (Wildman–Crippen LogP) is 2.82. The third-order valence-corrected chi connectivity index (χ3v) is 3.52. The molecule has 1 N–H and O–H groups in total. The number of phenolic OH excluding ortho intramolecular Hbond substituents is 1. The van der Waals surface area contributed by atoms with Gasteiger partial charge < -0.3 is 9.84 Å². The average molecular weight is 249 g/mol. The molecule has 0 amide bonds. The summed E-state index contributed by atoms with van der Waals surface area (Å²) in [6, 6.07) is 5.92. The van der Waals surface area contributed by atoms with Crippen molar-refractivity contribution < 1.29 is 9.84 Å². The smallest absolute Gasteiger partial charge is 0.126 e. The van der Waals surface area contributed by atoms with E-state index in [2.05, 4.69) is 18.7 Å². The van der Waals surface area contributed by atoms with Crippen LogP contribution in [0.15, 0.2) is 18.2 Å². The van der Waals surface area contributed by atoms with Crippen LogP contribution in [-0.4, -0.2) is 35.7 Å². The van der Waals surface area contributed by atoms with Gasteiger partial charge in [-0.05, 0) is 44.5 Å². The lowest BCUT2D eigenvalue weighted by atomic mass is 10.00. The van der Waals surface area contributed by atoms with E-state index in [-0.39, 0.29) is 0 Å². The molecule has 18 heavy (non-hydrogen) atoms. The van der Waals surface area contributed by atoms with Crippen molar-refractivity contribution in [1.29, 1.82) is 0 Å². The Morgan fingerprint density at radius 2 is 2.00 bits per heavy atom. The highest BCUT2D eigenvalue weighted by atomic mass is 16.5. The van der Waals surface area contributed by atoms with Crippen molar-refractivity contribution in [2.24, 2.45) is 0 Å². The van der Waals surface area contributed by atoms with Gasteiger partial charge in [-0.3, -0.25) is 4.90 Å². The summed E-state index contributed by atoms with van der Waals surface area (Å²) in [7, 11) is 0. The van der Waals surface area contributed by atoms with Crippen molar-refractivity contribution in [3.8, 4) is 11.5 Å². The first-order chi connectivity index (χ1) is 8.76. The molecule has 1 aromatic carbocycles. The molecule has 0 radical (unpaired) electrons. The van der Waals surface area contributed by atoms with E-state index in [1.807, 2.05) is 12.1 Å². The Morgan fingerprint density at radius 3 is 2.67 bits per heavy atom. The first-order valence-electron chi connectivity index (χ1n) is 6.94. The van der Waals surface area contributed by atoms with Crippen LogP contribution in [0.1, 0.15) is 32.3 Å². The third kappa shape index (κ3) is 2.78. The van der Waals surface area contributed by atoms with Crippen LogP contribution < -0.4 is 4.74 Å². The van der Waals surface area contributed by atoms with Crippen LogP contribution in [0, 0.1) is 0 Å². The van der Waals surface area contributed by atoms with Crippen LogP contribution in [0.5, 0.6) is 11.5 Å². The average Bonchev–Trinajstić information content (AvgIpc) is 2.39. The molecule has 3 heteroatoms. The van der Waals surface area contributed by atoms with E-state index < -0.39 is 0 Å². The summed E-state index contributed by atoms with van der Waals surface area (Å²) in [4.78, 5) is 2.48. The van der Waals surface area contributed by atoms with Gasteiger partial charge in [-0.1, -0.05) is 19.9 Å². The van der Waals surface area contributed by atoms with Gasteiger partial charge in [0.25, 0.3) is 0 Å². The number of aromatic hydroxyl groups is 1. The van der Waals surface area contributed by atoms with Crippen molar-refractivity contribution in [1.82, 2.24) is 4.90 Å². The Bertz CT molecular complexity index is 386. The summed E-state index contributed by atoms with van der Waals surface area (Å²) in [5, 5.41) is 9.92. The second kappa shape index (κ2) is 6.10. The van der Waals surface area contributed by atoms with Crippen LogP contribution in [0.25, 0.3) is 0 Å². The first-order valence-corrected chi connectivity index (χ1v) is 6.94. The van der Waals surface area contributed by atoms with Crippen molar-refractivity contribution in [2.75, 3.05) is 19.7 Å². The minimum atomic E-state index is 0.366.